The molecule has 0 saturated heterocycles. The summed E-state index contributed by atoms with van der Waals surface area (Å²) in [4.78, 5) is 14.9. The zero-order valence-electron chi connectivity index (χ0n) is 14.0. The van der Waals surface area contributed by atoms with Gasteiger partial charge in [0.1, 0.15) is 5.82 Å². The van der Waals surface area contributed by atoms with Crippen LogP contribution in [0.4, 0.5) is 5.69 Å². The molecule has 134 valence electrons. The van der Waals surface area contributed by atoms with E-state index >= 15 is 0 Å². The second-order valence-electron chi connectivity index (χ2n) is 6.24. The van der Waals surface area contributed by atoms with Crippen LogP contribution in [-0.2, 0) is 23.1 Å². The lowest BCUT2D eigenvalue weighted by Crippen LogP contribution is -2.38. The molecular weight excluding hydrogens is 356 g/mol. The number of imidazole rings is 1. The van der Waals surface area contributed by atoms with Gasteiger partial charge in [-0.1, -0.05) is 18.2 Å². The summed E-state index contributed by atoms with van der Waals surface area (Å²) in [5, 5.41) is 11.3. The Morgan fingerprint density at radius 1 is 1.15 bits per heavy atom. The third kappa shape index (κ3) is 2.56. The largest absolute Gasteiger partial charge is 0.326 e. The third-order valence-corrected chi connectivity index (χ3v) is 6.45. The van der Waals surface area contributed by atoms with Crippen LogP contribution in [0.1, 0.15) is 11.4 Å². The van der Waals surface area contributed by atoms with E-state index in [1.54, 1.807) is 13.0 Å². The van der Waals surface area contributed by atoms with Crippen molar-refractivity contribution in [2.75, 3.05) is 6.54 Å². The molecule has 1 aliphatic rings. The normalized spacial score (nSPS) is 15.1. The molecule has 4 rings (SSSR count). The minimum Gasteiger partial charge on any atom is -0.326 e. The number of aromatic nitrogens is 2. The van der Waals surface area contributed by atoms with E-state index in [2.05, 4.69) is 4.98 Å². The fourth-order valence-corrected chi connectivity index (χ4v) is 4.80. The van der Waals surface area contributed by atoms with Crippen molar-refractivity contribution < 1.29 is 13.3 Å². The Morgan fingerprint density at radius 3 is 2.69 bits per heavy atom. The van der Waals surface area contributed by atoms with Crippen LogP contribution in [-0.4, -0.2) is 33.7 Å². The molecule has 0 bridgehead atoms. The van der Waals surface area contributed by atoms with E-state index < -0.39 is 20.6 Å². The maximum Gasteiger partial charge on any atom is 0.289 e. The van der Waals surface area contributed by atoms with Crippen molar-refractivity contribution in [3.63, 3.8) is 0 Å². The molecule has 8 nitrogen and oxygen atoms in total. The van der Waals surface area contributed by atoms with E-state index in [0.717, 1.165) is 11.0 Å². The van der Waals surface area contributed by atoms with Gasteiger partial charge in [-0.25, -0.2) is 13.4 Å². The van der Waals surface area contributed by atoms with E-state index in [-0.39, 0.29) is 18.0 Å². The summed E-state index contributed by atoms with van der Waals surface area (Å²) in [6.45, 7) is 2.46. The lowest BCUT2D eigenvalue weighted by atomic mass is 10.2. The van der Waals surface area contributed by atoms with Crippen LogP contribution >= 0.6 is 0 Å². The van der Waals surface area contributed by atoms with Crippen LogP contribution in [0.5, 0.6) is 0 Å². The van der Waals surface area contributed by atoms with Crippen LogP contribution in [0.2, 0.25) is 0 Å². The average Bonchev–Trinajstić information content (AvgIpc) is 2.99. The molecule has 26 heavy (non-hydrogen) atoms. The maximum atomic E-state index is 13.0. The van der Waals surface area contributed by atoms with Crippen molar-refractivity contribution in [1.82, 2.24) is 13.9 Å². The fraction of sp³-hybridized carbons (Fsp3) is 0.235. The van der Waals surface area contributed by atoms with Crippen molar-refractivity contribution in [2.45, 2.75) is 24.9 Å². The number of aryl methyl sites for hydroxylation is 1. The highest BCUT2D eigenvalue weighted by molar-refractivity contribution is 7.89. The Hall–Kier alpha value is -2.78. The van der Waals surface area contributed by atoms with E-state index in [9.17, 15) is 18.5 Å². The topological polar surface area (TPSA) is 98.3 Å². The SMILES string of the molecule is Cc1ccc(S(=O)(=O)N2CCn3c(nc4ccccc43)C2)c([N+](=O)[O-])c1. The van der Waals surface area contributed by atoms with Gasteiger partial charge in [-0.05, 0) is 30.7 Å². The summed E-state index contributed by atoms with van der Waals surface area (Å²) in [5.74, 6) is 0.635. The lowest BCUT2D eigenvalue weighted by molar-refractivity contribution is -0.387. The number of benzene rings is 2. The molecule has 9 heteroatoms. The molecule has 0 saturated carbocycles. The first-order valence-corrected chi connectivity index (χ1v) is 9.51. The molecule has 1 aliphatic heterocycles. The molecular formula is C17H16N4O4S. The van der Waals surface area contributed by atoms with E-state index in [4.69, 9.17) is 0 Å². The average molecular weight is 372 g/mol. The van der Waals surface area contributed by atoms with Gasteiger partial charge in [0.2, 0.25) is 10.0 Å². The number of nitro benzene ring substituents is 1. The minimum atomic E-state index is -4.00. The Bertz CT molecular complexity index is 1140. The molecule has 3 aromatic rings. The van der Waals surface area contributed by atoms with Crippen molar-refractivity contribution in [2.24, 2.45) is 0 Å². The van der Waals surface area contributed by atoms with Gasteiger partial charge in [-0.2, -0.15) is 4.31 Å². The van der Waals surface area contributed by atoms with Crippen LogP contribution in [0, 0.1) is 17.0 Å². The molecule has 0 atom stereocenters. The van der Waals surface area contributed by atoms with Crippen LogP contribution in [0.3, 0.4) is 0 Å². The molecule has 0 N–H and O–H groups in total. The smallest absolute Gasteiger partial charge is 0.289 e. The number of hydrogen-bond acceptors (Lipinski definition) is 5. The summed E-state index contributed by atoms with van der Waals surface area (Å²) in [6.07, 6.45) is 0. The van der Waals surface area contributed by atoms with Gasteiger partial charge < -0.3 is 4.57 Å². The third-order valence-electron chi connectivity index (χ3n) is 4.55. The van der Waals surface area contributed by atoms with Gasteiger partial charge in [0.05, 0.1) is 22.5 Å². The van der Waals surface area contributed by atoms with Gasteiger partial charge in [0.15, 0.2) is 4.90 Å². The number of hydrogen-bond donors (Lipinski definition) is 0. The Morgan fingerprint density at radius 2 is 1.92 bits per heavy atom. The fourth-order valence-electron chi connectivity index (χ4n) is 3.28. The van der Waals surface area contributed by atoms with E-state index in [0.29, 0.717) is 17.9 Å². The summed E-state index contributed by atoms with van der Waals surface area (Å²) >= 11 is 0. The molecule has 1 aromatic heterocycles. The summed E-state index contributed by atoms with van der Waals surface area (Å²) in [7, 11) is -4.00. The quantitative estimate of drug-likeness (QED) is 0.519. The van der Waals surface area contributed by atoms with E-state index in [1.165, 1.54) is 16.4 Å². The van der Waals surface area contributed by atoms with Crippen LogP contribution in [0.25, 0.3) is 11.0 Å². The number of nitrogens with zero attached hydrogens (tertiary/aromatic N) is 4. The number of nitro groups is 1. The zero-order chi connectivity index (χ0) is 18.5. The summed E-state index contributed by atoms with van der Waals surface area (Å²) < 4.78 is 29.3. The molecule has 0 spiro atoms. The molecule has 0 amide bonds. The predicted octanol–water partition coefficient (Wildman–Crippen LogP) is 2.46. The number of rotatable bonds is 3. The van der Waals surface area contributed by atoms with Crippen molar-refractivity contribution in [3.05, 3.63) is 64.0 Å². The summed E-state index contributed by atoms with van der Waals surface area (Å²) in [5.41, 5.74) is 2.00. The Labute approximate surface area is 149 Å². The first-order chi connectivity index (χ1) is 12.4. The highest BCUT2D eigenvalue weighted by Crippen LogP contribution is 2.30. The van der Waals surface area contributed by atoms with Gasteiger partial charge in [-0.15, -0.1) is 0 Å². The van der Waals surface area contributed by atoms with E-state index in [1.807, 2.05) is 28.8 Å². The van der Waals surface area contributed by atoms with Crippen molar-refractivity contribution in [1.29, 1.82) is 0 Å². The number of para-hydroxylation sites is 2. The maximum absolute atomic E-state index is 13.0. The molecule has 0 aliphatic carbocycles. The Kier molecular flexibility index (Phi) is 3.78. The lowest BCUT2D eigenvalue weighted by Gasteiger charge is -2.27. The highest BCUT2D eigenvalue weighted by atomic mass is 32.2. The molecule has 0 radical (unpaired) electrons. The zero-order valence-corrected chi connectivity index (χ0v) is 14.8. The number of fused-ring (bicyclic) bond motifs is 3. The van der Waals surface area contributed by atoms with Gasteiger partial charge >= 0.3 is 0 Å². The minimum absolute atomic E-state index is 0.0854. The van der Waals surface area contributed by atoms with Gasteiger partial charge in [0.25, 0.3) is 5.69 Å². The second kappa shape index (κ2) is 5.89. The molecule has 0 fully saturated rings. The molecule has 2 aromatic carbocycles. The summed E-state index contributed by atoms with van der Waals surface area (Å²) in [6, 6.07) is 11.8. The standard InChI is InChI=1S/C17H16N4O4S/c1-12-6-7-16(15(10-12)21(22)23)26(24,25)19-8-9-20-14-5-3-2-4-13(14)18-17(20)11-19/h2-7,10H,8-9,11H2,1H3. The second-order valence-corrected chi connectivity index (χ2v) is 8.14. The predicted molar refractivity (Wildman–Crippen MR) is 95.2 cm³/mol. The van der Waals surface area contributed by atoms with Crippen molar-refractivity contribution >= 4 is 26.7 Å². The highest BCUT2D eigenvalue weighted by Gasteiger charge is 2.34. The first-order valence-electron chi connectivity index (χ1n) is 8.07. The van der Waals surface area contributed by atoms with Crippen LogP contribution in [0.15, 0.2) is 47.4 Å². The Balaban J connectivity index is 1.76. The number of sulfonamides is 1. The molecule has 2 heterocycles. The van der Waals surface area contributed by atoms with Gasteiger partial charge in [-0.3, -0.25) is 10.1 Å². The first kappa shape index (κ1) is 16.7. The monoisotopic (exact) mass is 372 g/mol. The molecule has 0 unspecified atom stereocenters. The van der Waals surface area contributed by atoms with Gasteiger partial charge in [0, 0.05) is 19.2 Å². The van der Waals surface area contributed by atoms with Crippen molar-refractivity contribution in [3.8, 4) is 0 Å². The van der Waals surface area contributed by atoms with Crippen LogP contribution < -0.4 is 0 Å².